The van der Waals surface area contributed by atoms with Crippen LogP contribution in [0.15, 0.2) is 24.3 Å². The minimum Gasteiger partial charge on any atom is -0.378 e. The number of hydrogen-bond donors (Lipinski definition) is 2. The molecule has 1 aliphatic rings. The van der Waals surface area contributed by atoms with Crippen molar-refractivity contribution in [3.8, 4) is 0 Å². The third kappa shape index (κ3) is 5.13. The van der Waals surface area contributed by atoms with Crippen LogP contribution in [0.5, 0.6) is 0 Å². The minimum atomic E-state index is -0.162. The molecule has 22 heavy (non-hydrogen) atoms. The van der Waals surface area contributed by atoms with Gasteiger partial charge in [0, 0.05) is 31.2 Å². The van der Waals surface area contributed by atoms with Crippen molar-refractivity contribution in [1.82, 2.24) is 4.90 Å². The fourth-order valence-electron chi connectivity index (χ4n) is 2.31. The first kappa shape index (κ1) is 16.5. The summed E-state index contributed by atoms with van der Waals surface area (Å²) in [7, 11) is 0. The fourth-order valence-corrected chi connectivity index (χ4v) is 2.31. The number of carbonyl (C=O) groups excluding carboxylic acids is 2. The summed E-state index contributed by atoms with van der Waals surface area (Å²) < 4.78 is 5.24. The van der Waals surface area contributed by atoms with Gasteiger partial charge in [-0.15, -0.1) is 0 Å². The molecule has 0 saturated carbocycles. The lowest BCUT2D eigenvalue weighted by Gasteiger charge is -2.26. The number of morpholine rings is 1. The van der Waals surface area contributed by atoms with Crippen molar-refractivity contribution < 1.29 is 14.3 Å². The van der Waals surface area contributed by atoms with Gasteiger partial charge >= 0.3 is 0 Å². The summed E-state index contributed by atoms with van der Waals surface area (Å²) >= 11 is 0. The van der Waals surface area contributed by atoms with Gasteiger partial charge in [0.1, 0.15) is 0 Å². The summed E-state index contributed by atoms with van der Waals surface area (Å²) in [6, 6.07) is 7.17. The largest absolute Gasteiger partial charge is 0.378 e. The molecule has 1 aromatic carbocycles. The second-order valence-electron chi connectivity index (χ2n) is 5.60. The predicted octanol–water partition coefficient (Wildman–Crippen LogP) is 0.764. The molecular weight excluding hydrogens is 282 g/mol. The molecule has 2 rings (SSSR count). The van der Waals surface area contributed by atoms with E-state index in [1.54, 1.807) is 19.1 Å². The van der Waals surface area contributed by atoms with Crippen LogP contribution in [0.4, 0.5) is 5.69 Å². The SMILES string of the molecule is CC(N)CC(=O)Nc1ccc(CC(=O)N2CCOCC2)cc1. The number of hydrogen-bond acceptors (Lipinski definition) is 4. The van der Waals surface area contributed by atoms with E-state index in [4.69, 9.17) is 10.5 Å². The van der Waals surface area contributed by atoms with Crippen LogP contribution in [-0.2, 0) is 20.7 Å². The van der Waals surface area contributed by atoms with Crippen LogP contribution < -0.4 is 11.1 Å². The van der Waals surface area contributed by atoms with Gasteiger partial charge in [-0.2, -0.15) is 0 Å². The van der Waals surface area contributed by atoms with Crippen molar-refractivity contribution >= 4 is 17.5 Å². The first-order valence-electron chi connectivity index (χ1n) is 7.54. The van der Waals surface area contributed by atoms with Crippen molar-refractivity contribution in [2.45, 2.75) is 25.8 Å². The first-order chi connectivity index (χ1) is 10.5. The number of nitrogens with two attached hydrogens (primary N) is 1. The van der Waals surface area contributed by atoms with E-state index in [2.05, 4.69) is 5.32 Å². The summed E-state index contributed by atoms with van der Waals surface area (Å²) in [5.41, 5.74) is 7.23. The highest BCUT2D eigenvalue weighted by Crippen LogP contribution is 2.12. The topological polar surface area (TPSA) is 84.7 Å². The Balaban J connectivity index is 1.86. The Kier molecular flexibility index (Phi) is 5.91. The zero-order valence-electron chi connectivity index (χ0n) is 12.9. The molecule has 1 unspecified atom stereocenters. The fraction of sp³-hybridized carbons (Fsp3) is 0.500. The molecule has 1 atom stereocenters. The molecule has 1 saturated heterocycles. The molecule has 6 heteroatoms. The lowest BCUT2D eigenvalue weighted by Crippen LogP contribution is -2.41. The number of rotatable bonds is 5. The van der Waals surface area contributed by atoms with Crippen LogP contribution in [0.1, 0.15) is 18.9 Å². The lowest BCUT2D eigenvalue weighted by molar-refractivity contribution is -0.134. The Morgan fingerprint density at radius 1 is 1.27 bits per heavy atom. The zero-order chi connectivity index (χ0) is 15.9. The summed E-state index contributed by atoms with van der Waals surface area (Å²) in [5.74, 6) is 0.00388. The number of nitrogens with zero attached hydrogens (tertiary/aromatic N) is 1. The van der Waals surface area contributed by atoms with E-state index >= 15 is 0 Å². The number of amides is 2. The molecule has 0 radical (unpaired) electrons. The van der Waals surface area contributed by atoms with Crippen molar-refractivity contribution in [2.24, 2.45) is 5.73 Å². The van der Waals surface area contributed by atoms with Gasteiger partial charge in [-0.3, -0.25) is 9.59 Å². The standard InChI is InChI=1S/C16H23N3O3/c1-12(17)10-15(20)18-14-4-2-13(3-5-14)11-16(21)19-6-8-22-9-7-19/h2-5,12H,6-11,17H2,1H3,(H,18,20). The Hall–Kier alpha value is -1.92. The molecule has 1 fully saturated rings. The Morgan fingerprint density at radius 3 is 2.50 bits per heavy atom. The molecule has 1 aromatic rings. The third-order valence-corrected chi connectivity index (χ3v) is 3.46. The van der Waals surface area contributed by atoms with E-state index in [1.165, 1.54) is 0 Å². The van der Waals surface area contributed by atoms with Crippen molar-refractivity contribution in [1.29, 1.82) is 0 Å². The molecule has 3 N–H and O–H groups in total. The molecule has 0 aromatic heterocycles. The maximum Gasteiger partial charge on any atom is 0.227 e. The average molecular weight is 305 g/mol. The van der Waals surface area contributed by atoms with Gasteiger partial charge in [-0.1, -0.05) is 12.1 Å². The summed E-state index contributed by atoms with van der Waals surface area (Å²) in [6.07, 6.45) is 0.658. The summed E-state index contributed by atoms with van der Waals surface area (Å²) in [5, 5.41) is 2.79. The maximum atomic E-state index is 12.1. The number of anilines is 1. The molecule has 1 aliphatic heterocycles. The van der Waals surface area contributed by atoms with E-state index in [-0.39, 0.29) is 24.3 Å². The van der Waals surface area contributed by atoms with Crippen LogP contribution in [0.25, 0.3) is 0 Å². The van der Waals surface area contributed by atoms with Crippen LogP contribution in [0.2, 0.25) is 0 Å². The maximum absolute atomic E-state index is 12.1. The normalized spacial score (nSPS) is 16.2. The highest BCUT2D eigenvalue weighted by Gasteiger charge is 2.16. The molecule has 0 aliphatic carbocycles. The minimum absolute atomic E-state index is 0.104. The molecule has 0 bridgehead atoms. The summed E-state index contributed by atoms with van der Waals surface area (Å²) in [6.45, 7) is 4.32. The summed E-state index contributed by atoms with van der Waals surface area (Å²) in [4.78, 5) is 25.6. The number of ether oxygens (including phenoxy) is 1. The van der Waals surface area contributed by atoms with Crippen LogP contribution in [0, 0.1) is 0 Å². The van der Waals surface area contributed by atoms with Gasteiger partial charge < -0.3 is 20.7 Å². The van der Waals surface area contributed by atoms with Crippen LogP contribution in [-0.4, -0.2) is 49.1 Å². The van der Waals surface area contributed by atoms with Gasteiger partial charge in [0.25, 0.3) is 0 Å². The van der Waals surface area contributed by atoms with E-state index < -0.39 is 0 Å². The molecular formula is C16H23N3O3. The Morgan fingerprint density at radius 2 is 1.91 bits per heavy atom. The second-order valence-corrected chi connectivity index (χ2v) is 5.60. The van der Waals surface area contributed by atoms with E-state index in [0.717, 1.165) is 5.56 Å². The Bertz CT molecular complexity index is 508. The van der Waals surface area contributed by atoms with E-state index in [1.807, 2.05) is 17.0 Å². The lowest BCUT2D eigenvalue weighted by atomic mass is 10.1. The quantitative estimate of drug-likeness (QED) is 0.841. The molecule has 0 spiro atoms. The van der Waals surface area contributed by atoms with Gasteiger partial charge in [0.05, 0.1) is 19.6 Å². The second kappa shape index (κ2) is 7.91. The molecule has 2 amide bonds. The Labute approximate surface area is 130 Å². The number of nitrogens with one attached hydrogen (secondary N) is 1. The third-order valence-electron chi connectivity index (χ3n) is 3.46. The zero-order valence-corrected chi connectivity index (χ0v) is 12.9. The first-order valence-corrected chi connectivity index (χ1v) is 7.54. The number of benzene rings is 1. The molecule has 6 nitrogen and oxygen atoms in total. The predicted molar refractivity (Wildman–Crippen MR) is 84.4 cm³/mol. The smallest absolute Gasteiger partial charge is 0.227 e. The molecule has 1 heterocycles. The van der Waals surface area contributed by atoms with E-state index in [0.29, 0.717) is 38.4 Å². The van der Waals surface area contributed by atoms with Crippen molar-refractivity contribution in [3.63, 3.8) is 0 Å². The van der Waals surface area contributed by atoms with Gasteiger partial charge in [0.2, 0.25) is 11.8 Å². The van der Waals surface area contributed by atoms with Gasteiger partial charge in [0.15, 0.2) is 0 Å². The average Bonchev–Trinajstić information content (AvgIpc) is 2.49. The van der Waals surface area contributed by atoms with Crippen LogP contribution in [0.3, 0.4) is 0 Å². The van der Waals surface area contributed by atoms with Crippen molar-refractivity contribution in [2.75, 3.05) is 31.6 Å². The van der Waals surface area contributed by atoms with Gasteiger partial charge in [-0.05, 0) is 24.6 Å². The highest BCUT2D eigenvalue weighted by molar-refractivity contribution is 5.91. The van der Waals surface area contributed by atoms with Crippen molar-refractivity contribution in [3.05, 3.63) is 29.8 Å². The van der Waals surface area contributed by atoms with Gasteiger partial charge in [-0.25, -0.2) is 0 Å². The molecule has 120 valence electrons. The number of carbonyl (C=O) groups is 2. The monoisotopic (exact) mass is 305 g/mol. The highest BCUT2D eigenvalue weighted by atomic mass is 16.5. The van der Waals surface area contributed by atoms with E-state index in [9.17, 15) is 9.59 Å². The van der Waals surface area contributed by atoms with Crippen LogP contribution >= 0.6 is 0 Å².